The Hall–Kier alpha value is -4.14. The summed E-state index contributed by atoms with van der Waals surface area (Å²) in [7, 11) is 1.58. The molecule has 9 heteroatoms. The molecular weight excluding hydrogens is 438 g/mol. The van der Waals surface area contributed by atoms with E-state index in [1.165, 1.54) is 6.26 Å². The second-order valence-corrected chi connectivity index (χ2v) is 8.27. The van der Waals surface area contributed by atoms with Gasteiger partial charge in [0.05, 0.1) is 7.11 Å². The molecule has 1 saturated heterocycles. The van der Waals surface area contributed by atoms with Gasteiger partial charge in [-0.1, -0.05) is 24.3 Å². The Kier molecular flexibility index (Phi) is 5.53. The zero-order valence-electron chi connectivity index (χ0n) is 18.6. The van der Waals surface area contributed by atoms with E-state index in [1.54, 1.807) is 31.4 Å². The Morgan fingerprint density at radius 3 is 2.76 bits per heavy atom. The molecule has 1 N–H and O–H groups in total. The largest absolute Gasteiger partial charge is 0.497 e. The summed E-state index contributed by atoms with van der Waals surface area (Å²) in [6.07, 6.45) is 3.51. The van der Waals surface area contributed by atoms with Crippen molar-refractivity contribution in [3.8, 4) is 17.2 Å². The molecule has 2 aromatic carbocycles. The number of oxazole rings is 1. The van der Waals surface area contributed by atoms with Crippen molar-refractivity contribution in [1.29, 1.82) is 0 Å². The van der Waals surface area contributed by atoms with Gasteiger partial charge in [0, 0.05) is 5.56 Å². The monoisotopic (exact) mass is 461 g/mol. The second kappa shape index (κ2) is 8.66. The van der Waals surface area contributed by atoms with Gasteiger partial charge in [0.15, 0.2) is 0 Å². The third-order valence-corrected chi connectivity index (χ3v) is 6.21. The van der Waals surface area contributed by atoms with E-state index >= 15 is 0 Å². The van der Waals surface area contributed by atoms with E-state index in [9.17, 15) is 14.4 Å². The topological polar surface area (TPSA) is 111 Å². The Labute approximate surface area is 195 Å². The van der Waals surface area contributed by atoms with Gasteiger partial charge in [0.25, 0.3) is 5.91 Å². The first-order valence-corrected chi connectivity index (χ1v) is 11.0. The minimum absolute atomic E-state index is 0.143. The van der Waals surface area contributed by atoms with E-state index < -0.39 is 30.0 Å². The number of hydrogen-bond acceptors (Lipinski definition) is 7. The number of fused-ring (bicyclic) bond motifs is 2. The summed E-state index contributed by atoms with van der Waals surface area (Å²) >= 11 is 0. The fraction of sp³-hybridized carbons (Fsp3) is 0.280. The highest BCUT2D eigenvalue weighted by Gasteiger charge is 2.54. The SMILES string of the molecule is COc1ccc(-c2nc(COC(=O)CN3C(=O)NC4(CCCc5ccccc54)C3=O)co2)cc1. The molecule has 1 fully saturated rings. The van der Waals surface area contributed by atoms with Crippen LogP contribution in [0, 0.1) is 0 Å². The lowest BCUT2D eigenvalue weighted by Gasteiger charge is -2.33. The molecular formula is C25H23N3O6. The van der Waals surface area contributed by atoms with Gasteiger partial charge in [-0.25, -0.2) is 9.78 Å². The van der Waals surface area contributed by atoms with Crippen LogP contribution in [0.5, 0.6) is 5.75 Å². The minimum atomic E-state index is -1.12. The maximum atomic E-state index is 13.3. The molecule has 3 aromatic rings. The van der Waals surface area contributed by atoms with Gasteiger partial charge in [-0.2, -0.15) is 0 Å². The molecule has 34 heavy (non-hydrogen) atoms. The normalized spacial score (nSPS) is 19.1. The molecule has 9 nitrogen and oxygen atoms in total. The minimum Gasteiger partial charge on any atom is -0.497 e. The Morgan fingerprint density at radius 1 is 1.18 bits per heavy atom. The molecule has 1 aliphatic heterocycles. The lowest BCUT2D eigenvalue weighted by atomic mass is 9.76. The molecule has 1 aliphatic carbocycles. The highest BCUT2D eigenvalue weighted by molar-refractivity contribution is 6.09. The van der Waals surface area contributed by atoms with Gasteiger partial charge in [-0.05, 0) is 54.7 Å². The number of benzene rings is 2. The van der Waals surface area contributed by atoms with E-state index in [0.717, 1.165) is 34.4 Å². The average Bonchev–Trinajstić information content (AvgIpc) is 3.42. The van der Waals surface area contributed by atoms with E-state index in [2.05, 4.69) is 10.3 Å². The van der Waals surface area contributed by atoms with Crippen LogP contribution in [0.2, 0.25) is 0 Å². The lowest BCUT2D eigenvalue weighted by Crippen LogP contribution is -2.46. The van der Waals surface area contributed by atoms with E-state index in [1.807, 2.05) is 24.3 Å². The lowest BCUT2D eigenvalue weighted by molar-refractivity contribution is -0.149. The molecule has 2 aliphatic rings. The number of esters is 1. The van der Waals surface area contributed by atoms with Crippen LogP contribution in [0.25, 0.3) is 11.5 Å². The Morgan fingerprint density at radius 2 is 1.97 bits per heavy atom. The third kappa shape index (κ3) is 3.79. The van der Waals surface area contributed by atoms with Crippen molar-refractivity contribution in [2.45, 2.75) is 31.4 Å². The maximum Gasteiger partial charge on any atom is 0.326 e. The predicted molar refractivity (Wildman–Crippen MR) is 120 cm³/mol. The summed E-state index contributed by atoms with van der Waals surface area (Å²) in [6.45, 7) is -0.617. The molecule has 1 aromatic heterocycles. The number of aryl methyl sites for hydroxylation is 1. The smallest absolute Gasteiger partial charge is 0.326 e. The summed E-state index contributed by atoms with van der Waals surface area (Å²) < 4.78 is 15.9. The first-order chi connectivity index (χ1) is 16.5. The van der Waals surface area contributed by atoms with Gasteiger partial charge in [0.2, 0.25) is 5.89 Å². The van der Waals surface area contributed by atoms with Crippen molar-refractivity contribution in [2.24, 2.45) is 0 Å². The number of rotatable bonds is 6. The summed E-state index contributed by atoms with van der Waals surface area (Å²) in [5.74, 6) is -0.0485. The molecule has 1 unspecified atom stereocenters. The number of ether oxygens (including phenoxy) is 2. The summed E-state index contributed by atoms with van der Waals surface area (Å²) in [4.78, 5) is 43.6. The van der Waals surface area contributed by atoms with Crippen molar-refractivity contribution >= 4 is 17.9 Å². The van der Waals surface area contributed by atoms with Crippen LogP contribution in [0.3, 0.4) is 0 Å². The van der Waals surface area contributed by atoms with Crippen molar-refractivity contribution in [3.63, 3.8) is 0 Å². The molecule has 0 radical (unpaired) electrons. The number of nitrogens with zero attached hydrogens (tertiary/aromatic N) is 2. The number of methoxy groups -OCH3 is 1. The number of nitrogens with one attached hydrogen (secondary N) is 1. The summed E-state index contributed by atoms with van der Waals surface area (Å²) in [6, 6.07) is 14.2. The number of amides is 3. The number of carbonyl (C=O) groups excluding carboxylic acids is 3. The first kappa shape index (κ1) is 21.7. The molecule has 3 amide bonds. The van der Waals surface area contributed by atoms with Crippen molar-refractivity contribution in [1.82, 2.24) is 15.2 Å². The van der Waals surface area contributed by atoms with Crippen molar-refractivity contribution in [2.75, 3.05) is 13.7 Å². The number of urea groups is 1. The second-order valence-electron chi connectivity index (χ2n) is 8.27. The standard InChI is InChI=1S/C25H23N3O6/c1-32-19-10-8-17(9-11-19)22-26-18(15-34-22)14-33-21(29)13-28-23(30)25(27-24(28)31)12-4-6-16-5-2-3-7-20(16)25/h2-3,5,7-11,15H,4,6,12-14H2,1H3,(H,27,31). The van der Waals surface area contributed by atoms with Crippen LogP contribution in [-0.2, 0) is 32.9 Å². The number of imide groups is 1. The fourth-order valence-corrected chi connectivity index (χ4v) is 4.52. The van der Waals surface area contributed by atoms with Crippen LogP contribution in [0.4, 0.5) is 4.79 Å². The molecule has 0 saturated carbocycles. The zero-order chi connectivity index (χ0) is 23.7. The Balaban J connectivity index is 1.22. The number of hydrogen-bond donors (Lipinski definition) is 1. The molecule has 1 atom stereocenters. The van der Waals surface area contributed by atoms with Crippen LogP contribution >= 0.6 is 0 Å². The molecule has 2 heterocycles. The van der Waals surface area contributed by atoms with Gasteiger partial charge in [0.1, 0.15) is 36.4 Å². The molecule has 174 valence electrons. The van der Waals surface area contributed by atoms with E-state index in [-0.39, 0.29) is 6.61 Å². The highest BCUT2D eigenvalue weighted by atomic mass is 16.5. The fourth-order valence-electron chi connectivity index (χ4n) is 4.52. The highest BCUT2D eigenvalue weighted by Crippen LogP contribution is 2.39. The van der Waals surface area contributed by atoms with Crippen LogP contribution in [0.1, 0.15) is 29.7 Å². The third-order valence-electron chi connectivity index (χ3n) is 6.21. The van der Waals surface area contributed by atoms with Crippen LogP contribution in [-0.4, -0.2) is 41.4 Å². The zero-order valence-corrected chi connectivity index (χ0v) is 18.6. The van der Waals surface area contributed by atoms with Crippen molar-refractivity contribution < 1.29 is 28.3 Å². The van der Waals surface area contributed by atoms with Gasteiger partial charge in [-0.15, -0.1) is 0 Å². The quantitative estimate of drug-likeness (QED) is 0.443. The molecule has 0 bridgehead atoms. The van der Waals surface area contributed by atoms with Gasteiger partial charge < -0.3 is 19.2 Å². The molecule has 5 rings (SSSR count). The molecule has 1 spiro atoms. The van der Waals surface area contributed by atoms with Crippen LogP contribution < -0.4 is 10.1 Å². The average molecular weight is 461 g/mol. The summed E-state index contributed by atoms with van der Waals surface area (Å²) in [5.41, 5.74) is 1.87. The first-order valence-electron chi connectivity index (χ1n) is 11.0. The van der Waals surface area contributed by atoms with Crippen molar-refractivity contribution in [3.05, 3.63) is 71.6 Å². The number of carbonyl (C=O) groups is 3. The predicted octanol–water partition coefficient (Wildman–Crippen LogP) is 3.18. The van der Waals surface area contributed by atoms with Gasteiger partial charge in [-0.3, -0.25) is 14.5 Å². The Bertz CT molecular complexity index is 1250. The van der Waals surface area contributed by atoms with E-state index in [4.69, 9.17) is 13.9 Å². The summed E-state index contributed by atoms with van der Waals surface area (Å²) in [5, 5.41) is 2.83. The van der Waals surface area contributed by atoms with Gasteiger partial charge >= 0.3 is 12.0 Å². The van der Waals surface area contributed by atoms with E-state index in [0.29, 0.717) is 23.8 Å². The maximum absolute atomic E-state index is 13.3. The van der Waals surface area contributed by atoms with Crippen LogP contribution in [0.15, 0.2) is 59.2 Å². The number of aromatic nitrogens is 1.